The number of allylic oxidation sites excluding steroid dienone is 1. The maximum Gasteiger partial charge on any atom is 0.111 e. The van der Waals surface area contributed by atoms with Gasteiger partial charge < -0.3 is 5.73 Å². The van der Waals surface area contributed by atoms with Gasteiger partial charge in [0.2, 0.25) is 0 Å². The predicted octanol–water partition coefficient (Wildman–Crippen LogP) is 3.13. The standard InChI is InChI=1S/C14H16N4S2/c1-8-7-20-13(17-8)10-11(16)18-12(19)9(6-15)14(10)4-2-3-5-14/h7,10,19H,2-5H2,1H3,(H2,16,18)/t10-/m1/s1. The van der Waals surface area contributed by atoms with Crippen LogP contribution in [0.25, 0.3) is 0 Å². The molecule has 2 heterocycles. The minimum absolute atomic E-state index is 0.0748. The second-order valence-corrected chi connectivity index (χ2v) is 6.78. The summed E-state index contributed by atoms with van der Waals surface area (Å²) in [6.07, 6.45) is 4.14. The van der Waals surface area contributed by atoms with Gasteiger partial charge >= 0.3 is 0 Å². The molecule has 4 nitrogen and oxygen atoms in total. The zero-order valence-electron chi connectivity index (χ0n) is 11.3. The molecule has 1 aliphatic heterocycles. The van der Waals surface area contributed by atoms with E-state index in [0.717, 1.165) is 36.4 Å². The molecule has 0 amide bonds. The van der Waals surface area contributed by atoms with Crippen LogP contribution < -0.4 is 5.73 Å². The summed E-state index contributed by atoms with van der Waals surface area (Å²) in [7, 11) is 0. The number of nitrogens with two attached hydrogens (primary N) is 1. The normalized spacial score (nSPS) is 24.9. The van der Waals surface area contributed by atoms with Gasteiger partial charge in [-0.3, -0.25) is 0 Å². The van der Waals surface area contributed by atoms with Crippen molar-refractivity contribution in [1.82, 2.24) is 4.98 Å². The molecule has 104 valence electrons. The van der Waals surface area contributed by atoms with Gasteiger partial charge in [-0.2, -0.15) is 5.26 Å². The lowest BCUT2D eigenvalue weighted by molar-refractivity contribution is 0.342. The van der Waals surface area contributed by atoms with Gasteiger partial charge in [0.05, 0.1) is 17.6 Å². The average molecular weight is 304 g/mol. The fraction of sp³-hybridized carbons (Fsp3) is 0.500. The second-order valence-electron chi connectivity index (χ2n) is 5.47. The maximum absolute atomic E-state index is 9.56. The third kappa shape index (κ3) is 1.88. The van der Waals surface area contributed by atoms with Crippen LogP contribution in [-0.4, -0.2) is 10.8 Å². The number of nitriles is 1. The van der Waals surface area contributed by atoms with E-state index in [1.807, 2.05) is 12.3 Å². The molecule has 0 aromatic carbocycles. The van der Waals surface area contributed by atoms with Gasteiger partial charge in [-0.25, -0.2) is 9.98 Å². The van der Waals surface area contributed by atoms with Crippen LogP contribution in [0.15, 0.2) is 21.0 Å². The molecule has 20 heavy (non-hydrogen) atoms. The number of amidine groups is 1. The van der Waals surface area contributed by atoms with Gasteiger partial charge in [0, 0.05) is 16.5 Å². The number of nitrogens with zero attached hydrogens (tertiary/aromatic N) is 3. The third-order valence-corrected chi connectivity index (χ3v) is 5.65. The molecular formula is C14H16N4S2. The van der Waals surface area contributed by atoms with Crippen LogP contribution in [0.3, 0.4) is 0 Å². The highest BCUT2D eigenvalue weighted by Gasteiger charge is 2.51. The lowest BCUT2D eigenvalue weighted by atomic mass is 9.67. The molecule has 0 bridgehead atoms. The summed E-state index contributed by atoms with van der Waals surface area (Å²) in [6.45, 7) is 1.97. The molecule has 0 radical (unpaired) electrons. The largest absolute Gasteiger partial charge is 0.387 e. The highest BCUT2D eigenvalue weighted by molar-refractivity contribution is 7.84. The summed E-state index contributed by atoms with van der Waals surface area (Å²) in [6, 6.07) is 2.33. The summed E-state index contributed by atoms with van der Waals surface area (Å²) >= 11 is 5.98. The van der Waals surface area contributed by atoms with Crippen molar-refractivity contribution in [3.63, 3.8) is 0 Å². The van der Waals surface area contributed by atoms with Gasteiger partial charge in [0.25, 0.3) is 0 Å². The minimum Gasteiger partial charge on any atom is -0.387 e. The Morgan fingerprint density at radius 2 is 2.20 bits per heavy atom. The summed E-state index contributed by atoms with van der Waals surface area (Å²) in [4.78, 5) is 8.90. The Hall–Kier alpha value is -1.32. The first-order valence-corrected chi connectivity index (χ1v) is 8.01. The monoisotopic (exact) mass is 304 g/mol. The number of aliphatic imine (C=N–C) groups is 1. The molecule has 3 rings (SSSR count). The van der Waals surface area contributed by atoms with E-state index in [1.165, 1.54) is 0 Å². The second kappa shape index (κ2) is 4.90. The van der Waals surface area contributed by atoms with E-state index >= 15 is 0 Å². The first-order chi connectivity index (χ1) is 9.58. The van der Waals surface area contributed by atoms with Crippen LogP contribution in [0.2, 0.25) is 0 Å². The van der Waals surface area contributed by atoms with E-state index in [1.54, 1.807) is 11.3 Å². The number of aryl methyl sites for hydroxylation is 1. The van der Waals surface area contributed by atoms with Crippen molar-refractivity contribution in [2.45, 2.75) is 38.5 Å². The molecule has 1 spiro atoms. The molecule has 2 aliphatic rings. The van der Waals surface area contributed by atoms with Crippen LogP contribution in [0, 0.1) is 23.7 Å². The first-order valence-electron chi connectivity index (χ1n) is 6.68. The van der Waals surface area contributed by atoms with Crippen molar-refractivity contribution in [3.8, 4) is 6.07 Å². The number of aromatic nitrogens is 1. The van der Waals surface area contributed by atoms with Crippen molar-refractivity contribution in [2.24, 2.45) is 16.1 Å². The zero-order chi connectivity index (χ0) is 14.3. The first kappa shape index (κ1) is 13.7. The summed E-state index contributed by atoms with van der Waals surface area (Å²) in [5, 5.41) is 13.0. The molecule has 1 aliphatic carbocycles. The van der Waals surface area contributed by atoms with Crippen molar-refractivity contribution in [3.05, 3.63) is 26.7 Å². The number of thiol groups is 1. The van der Waals surface area contributed by atoms with Gasteiger partial charge in [0.1, 0.15) is 15.9 Å². The molecule has 1 aromatic rings. The number of hydrogen-bond acceptors (Lipinski definition) is 6. The van der Waals surface area contributed by atoms with E-state index in [9.17, 15) is 5.26 Å². The molecule has 0 unspecified atom stereocenters. The zero-order valence-corrected chi connectivity index (χ0v) is 13.0. The molecule has 6 heteroatoms. The van der Waals surface area contributed by atoms with Crippen LogP contribution in [0.4, 0.5) is 0 Å². The SMILES string of the molecule is Cc1csc([C@H]2C(N)=NC(S)=C(C#N)C23CCCC3)n1. The van der Waals surface area contributed by atoms with Gasteiger partial charge in [-0.1, -0.05) is 12.8 Å². The predicted molar refractivity (Wildman–Crippen MR) is 83.7 cm³/mol. The molecule has 1 fully saturated rings. The fourth-order valence-electron chi connectivity index (χ4n) is 3.47. The molecule has 0 saturated heterocycles. The van der Waals surface area contributed by atoms with Crippen molar-refractivity contribution in [2.75, 3.05) is 0 Å². The summed E-state index contributed by atoms with van der Waals surface area (Å²) < 4.78 is 0. The smallest absolute Gasteiger partial charge is 0.111 e. The lowest BCUT2D eigenvalue weighted by Crippen LogP contribution is -2.40. The molecule has 1 atom stereocenters. The van der Waals surface area contributed by atoms with Crippen molar-refractivity contribution >= 4 is 29.8 Å². The Kier molecular flexibility index (Phi) is 3.35. The highest BCUT2D eigenvalue weighted by atomic mass is 32.1. The molecular weight excluding hydrogens is 288 g/mol. The summed E-state index contributed by atoms with van der Waals surface area (Å²) in [5.74, 6) is 0.472. The van der Waals surface area contributed by atoms with E-state index in [0.29, 0.717) is 16.4 Å². The Labute approximate surface area is 127 Å². The van der Waals surface area contributed by atoms with Crippen LogP contribution >= 0.6 is 24.0 Å². The fourth-order valence-corrected chi connectivity index (χ4v) is 4.88. The number of rotatable bonds is 1. The van der Waals surface area contributed by atoms with E-state index in [-0.39, 0.29) is 11.3 Å². The quantitative estimate of drug-likeness (QED) is 0.783. The number of thiazole rings is 1. The van der Waals surface area contributed by atoms with Crippen molar-refractivity contribution in [1.29, 1.82) is 5.26 Å². The van der Waals surface area contributed by atoms with Crippen molar-refractivity contribution < 1.29 is 0 Å². The molecule has 2 N–H and O–H groups in total. The topological polar surface area (TPSA) is 75.1 Å². The van der Waals surface area contributed by atoms with Gasteiger partial charge in [0.15, 0.2) is 0 Å². The third-order valence-electron chi connectivity index (χ3n) is 4.30. The Bertz CT molecular complexity index is 644. The maximum atomic E-state index is 9.56. The Morgan fingerprint density at radius 3 is 2.75 bits per heavy atom. The summed E-state index contributed by atoms with van der Waals surface area (Å²) in [5.41, 5.74) is 7.63. The van der Waals surface area contributed by atoms with E-state index in [4.69, 9.17) is 5.73 Å². The average Bonchev–Trinajstić information content (AvgIpc) is 3.00. The Morgan fingerprint density at radius 1 is 1.50 bits per heavy atom. The lowest BCUT2D eigenvalue weighted by Gasteiger charge is -2.38. The minimum atomic E-state index is -0.248. The van der Waals surface area contributed by atoms with E-state index < -0.39 is 0 Å². The van der Waals surface area contributed by atoms with E-state index in [2.05, 4.69) is 28.7 Å². The van der Waals surface area contributed by atoms with Crippen LogP contribution in [0.1, 0.15) is 42.3 Å². The Balaban J connectivity index is 2.18. The molecule has 1 aromatic heterocycles. The van der Waals surface area contributed by atoms with Gasteiger partial charge in [-0.15, -0.1) is 24.0 Å². The van der Waals surface area contributed by atoms with Crippen LogP contribution in [0.5, 0.6) is 0 Å². The molecule has 1 saturated carbocycles. The highest BCUT2D eigenvalue weighted by Crippen LogP contribution is 2.57. The van der Waals surface area contributed by atoms with Crippen LogP contribution in [-0.2, 0) is 0 Å². The number of hydrogen-bond donors (Lipinski definition) is 2. The van der Waals surface area contributed by atoms with Gasteiger partial charge in [-0.05, 0) is 19.8 Å².